The fourth-order valence-electron chi connectivity index (χ4n) is 2.58. The highest BCUT2D eigenvalue weighted by atomic mass is 79.9. The summed E-state index contributed by atoms with van der Waals surface area (Å²) in [6, 6.07) is 4.95. The van der Waals surface area contributed by atoms with E-state index < -0.39 is 0 Å². The minimum absolute atomic E-state index is 0.780. The van der Waals surface area contributed by atoms with E-state index in [2.05, 4.69) is 26.9 Å². The molecule has 1 aromatic rings. The van der Waals surface area contributed by atoms with Crippen LogP contribution in [-0.2, 0) is 6.54 Å². The number of rotatable bonds is 5. The molecule has 0 aliphatic heterocycles. The molecule has 0 saturated heterocycles. The molecule has 1 fully saturated rings. The highest BCUT2D eigenvalue weighted by molar-refractivity contribution is 9.09. The Balaban J connectivity index is 1.95. The Hall–Kier alpha value is 0.430. The maximum absolute atomic E-state index is 6.00. The topological polar surface area (TPSA) is 3.24 Å². The van der Waals surface area contributed by atoms with Gasteiger partial charge in [0, 0.05) is 29.3 Å². The third-order valence-corrected chi connectivity index (χ3v) is 5.02. The van der Waals surface area contributed by atoms with Crippen LogP contribution in [-0.4, -0.2) is 22.8 Å². The Morgan fingerprint density at radius 2 is 2.06 bits per heavy atom. The van der Waals surface area contributed by atoms with Crippen LogP contribution in [0, 0.1) is 0 Å². The van der Waals surface area contributed by atoms with Gasteiger partial charge in [-0.1, -0.05) is 46.8 Å². The van der Waals surface area contributed by atoms with Gasteiger partial charge in [-0.2, -0.15) is 0 Å². The van der Waals surface area contributed by atoms with Crippen LogP contribution in [0.3, 0.4) is 0 Å². The van der Waals surface area contributed by atoms with E-state index in [0.29, 0.717) is 0 Å². The molecule has 1 aromatic heterocycles. The van der Waals surface area contributed by atoms with Crippen LogP contribution in [0.2, 0.25) is 4.34 Å². The molecule has 96 valence electrons. The summed E-state index contributed by atoms with van der Waals surface area (Å²) in [4.78, 5) is 4.01. The third-order valence-electron chi connectivity index (χ3n) is 3.45. The first-order valence-electron chi connectivity index (χ1n) is 6.34. The summed E-state index contributed by atoms with van der Waals surface area (Å²) in [5.74, 6) is 0. The maximum atomic E-state index is 6.00. The molecule has 0 bridgehead atoms. The van der Waals surface area contributed by atoms with E-state index in [0.717, 1.165) is 28.8 Å². The van der Waals surface area contributed by atoms with E-state index in [-0.39, 0.29) is 0 Å². The number of nitrogens with zero attached hydrogens (tertiary/aromatic N) is 1. The average molecular weight is 337 g/mol. The van der Waals surface area contributed by atoms with Crippen molar-refractivity contribution in [3.05, 3.63) is 21.3 Å². The highest BCUT2D eigenvalue weighted by Gasteiger charge is 2.21. The number of thiophene rings is 1. The van der Waals surface area contributed by atoms with Gasteiger partial charge in [-0.15, -0.1) is 11.3 Å². The van der Waals surface area contributed by atoms with Crippen molar-refractivity contribution in [3.63, 3.8) is 0 Å². The van der Waals surface area contributed by atoms with E-state index in [4.69, 9.17) is 11.6 Å². The van der Waals surface area contributed by atoms with Crippen LogP contribution in [0.5, 0.6) is 0 Å². The Labute approximate surface area is 121 Å². The Bertz CT molecular complexity index is 336. The van der Waals surface area contributed by atoms with Crippen LogP contribution in [0.1, 0.15) is 37.0 Å². The lowest BCUT2D eigenvalue weighted by molar-refractivity contribution is 0.159. The summed E-state index contributed by atoms with van der Waals surface area (Å²) in [7, 11) is 0. The lowest BCUT2D eigenvalue weighted by atomic mass is 9.94. The molecular weight excluding hydrogens is 318 g/mol. The van der Waals surface area contributed by atoms with Gasteiger partial charge in [0.05, 0.1) is 4.34 Å². The van der Waals surface area contributed by atoms with E-state index in [9.17, 15) is 0 Å². The summed E-state index contributed by atoms with van der Waals surface area (Å²) in [6.45, 7) is 2.20. The third kappa shape index (κ3) is 4.23. The fraction of sp³-hybridized carbons (Fsp3) is 0.692. The van der Waals surface area contributed by atoms with Gasteiger partial charge in [-0.3, -0.25) is 4.90 Å². The minimum atomic E-state index is 0.780. The van der Waals surface area contributed by atoms with Gasteiger partial charge in [0.15, 0.2) is 0 Å². The van der Waals surface area contributed by atoms with Crippen LogP contribution < -0.4 is 0 Å². The van der Waals surface area contributed by atoms with Gasteiger partial charge in [0.2, 0.25) is 0 Å². The lowest BCUT2D eigenvalue weighted by Gasteiger charge is -2.33. The van der Waals surface area contributed by atoms with Crippen molar-refractivity contribution < 1.29 is 0 Å². The molecule has 0 aromatic carbocycles. The maximum Gasteiger partial charge on any atom is 0.0931 e. The van der Waals surface area contributed by atoms with Crippen LogP contribution in [0.4, 0.5) is 0 Å². The quantitative estimate of drug-likeness (QED) is 0.689. The molecule has 1 aliphatic carbocycles. The molecule has 2 rings (SSSR count). The molecule has 4 heteroatoms. The number of alkyl halides is 1. The first-order valence-corrected chi connectivity index (χ1v) is 8.65. The second-order valence-electron chi connectivity index (χ2n) is 4.66. The van der Waals surface area contributed by atoms with Crippen LogP contribution in [0.15, 0.2) is 12.1 Å². The monoisotopic (exact) mass is 335 g/mol. The van der Waals surface area contributed by atoms with E-state index in [1.54, 1.807) is 11.3 Å². The summed E-state index contributed by atoms with van der Waals surface area (Å²) in [5, 5.41) is 1.06. The first-order chi connectivity index (χ1) is 8.29. The number of halogens is 2. The molecule has 0 N–H and O–H groups in total. The zero-order chi connectivity index (χ0) is 12.1. The summed E-state index contributed by atoms with van der Waals surface area (Å²) in [5.41, 5.74) is 0. The van der Waals surface area contributed by atoms with Gasteiger partial charge < -0.3 is 0 Å². The van der Waals surface area contributed by atoms with Gasteiger partial charge in [0.25, 0.3) is 0 Å². The molecule has 0 radical (unpaired) electrons. The SMILES string of the molecule is Clc1ccc(CN(CCBr)C2CCCCC2)s1. The highest BCUT2D eigenvalue weighted by Crippen LogP contribution is 2.27. The Kier molecular flexibility index (Phi) is 5.81. The van der Waals surface area contributed by atoms with Crippen LogP contribution in [0.25, 0.3) is 0 Å². The number of hydrogen-bond acceptors (Lipinski definition) is 2. The zero-order valence-electron chi connectivity index (χ0n) is 10.0. The molecule has 0 atom stereocenters. The van der Waals surface area contributed by atoms with Crippen molar-refractivity contribution in [1.82, 2.24) is 4.90 Å². The Morgan fingerprint density at radius 3 is 2.65 bits per heavy atom. The molecule has 1 saturated carbocycles. The van der Waals surface area contributed by atoms with Crippen molar-refractivity contribution in [2.75, 3.05) is 11.9 Å². The van der Waals surface area contributed by atoms with Crippen molar-refractivity contribution in [3.8, 4) is 0 Å². The molecule has 0 unspecified atom stereocenters. The van der Waals surface area contributed by atoms with E-state index in [1.807, 2.05) is 6.07 Å². The van der Waals surface area contributed by atoms with Crippen molar-refractivity contribution >= 4 is 38.9 Å². The summed E-state index contributed by atoms with van der Waals surface area (Å²) >= 11 is 11.3. The van der Waals surface area contributed by atoms with E-state index in [1.165, 1.54) is 37.0 Å². The molecule has 1 nitrogen and oxygen atoms in total. The normalized spacial score (nSPS) is 17.8. The van der Waals surface area contributed by atoms with Gasteiger partial charge in [-0.05, 0) is 25.0 Å². The standard InChI is InChI=1S/C13H19BrClNS/c14-8-9-16(11-4-2-1-3-5-11)10-12-6-7-13(15)17-12/h6-7,11H,1-5,8-10H2. The first kappa shape index (κ1) is 13.9. The van der Waals surface area contributed by atoms with Gasteiger partial charge in [-0.25, -0.2) is 0 Å². The molecule has 0 spiro atoms. The van der Waals surface area contributed by atoms with Crippen molar-refractivity contribution in [1.29, 1.82) is 0 Å². The van der Waals surface area contributed by atoms with Crippen molar-refractivity contribution in [2.24, 2.45) is 0 Å². The smallest absolute Gasteiger partial charge is 0.0931 e. The second-order valence-corrected chi connectivity index (χ2v) is 7.25. The molecular formula is C13H19BrClNS. The molecule has 1 aliphatic rings. The van der Waals surface area contributed by atoms with Crippen molar-refractivity contribution in [2.45, 2.75) is 44.7 Å². The van der Waals surface area contributed by atoms with Crippen LogP contribution >= 0.6 is 38.9 Å². The molecule has 1 heterocycles. The fourth-order valence-corrected chi connectivity index (χ4v) is 4.15. The zero-order valence-corrected chi connectivity index (χ0v) is 13.2. The molecule has 17 heavy (non-hydrogen) atoms. The summed E-state index contributed by atoms with van der Waals surface area (Å²) < 4.78 is 0.905. The average Bonchev–Trinajstić information content (AvgIpc) is 2.75. The van der Waals surface area contributed by atoms with Gasteiger partial charge >= 0.3 is 0 Å². The second kappa shape index (κ2) is 7.13. The minimum Gasteiger partial charge on any atom is -0.294 e. The lowest BCUT2D eigenvalue weighted by Crippen LogP contribution is -2.37. The summed E-state index contributed by atoms with van der Waals surface area (Å²) in [6.07, 6.45) is 6.95. The molecule has 0 amide bonds. The predicted molar refractivity (Wildman–Crippen MR) is 80.4 cm³/mol. The largest absolute Gasteiger partial charge is 0.294 e. The predicted octanol–water partition coefficient (Wildman–Crippen LogP) is 4.93. The van der Waals surface area contributed by atoms with E-state index >= 15 is 0 Å². The Morgan fingerprint density at radius 1 is 1.29 bits per heavy atom. The van der Waals surface area contributed by atoms with Gasteiger partial charge in [0.1, 0.15) is 0 Å². The number of hydrogen-bond donors (Lipinski definition) is 0.